The Balaban J connectivity index is 2.11. The van der Waals surface area contributed by atoms with E-state index >= 15 is 0 Å². The highest BCUT2D eigenvalue weighted by atomic mass is 28.2. The number of hydrogen-bond donors (Lipinski definition) is 2. The summed E-state index contributed by atoms with van der Waals surface area (Å²) in [5.74, 6) is 0. The molecule has 15 heavy (non-hydrogen) atoms. The number of rotatable bonds is 6. The summed E-state index contributed by atoms with van der Waals surface area (Å²) in [7, 11) is 0.643. The fourth-order valence-electron chi connectivity index (χ4n) is 1.07. The molecule has 1 aromatic rings. The van der Waals surface area contributed by atoms with Crippen LogP contribution >= 0.6 is 0 Å². The second-order valence-corrected chi connectivity index (χ2v) is 4.47. The Morgan fingerprint density at radius 3 is 2.67 bits per heavy atom. The molecule has 1 aromatic carbocycles. The van der Waals surface area contributed by atoms with E-state index in [9.17, 15) is 0 Å². The van der Waals surface area contributed by atoms with Gasteiger partial charge in [0.2, 0.25) is 9.68 Å². The molecule has 0 saturated heterocycles. The van der Waals surface area contributed by atoms with Crippen LogP contribution in [0.25, 0.3) is 0 Å². The van der Waals surface area contributed by atoms with Gasteiger partial charge in [-0.05, 0) is 12.1 Å². The number of nitrogens with one attached hydrogen (secondary N) is 2. The minimum Gasteiger partial charge on any atom is -0.408 e. The fourth-order valence-corrected chi connectivity index (χ4v) is 1.72. The Morgan fingerprint density at radius 2 is 2.00 bits per heavy atom. The minimum atomic E-state index is 0.556. The van der Waals surface area contributed by atoms with Gasteiger partial charge in [-0.1, -0.05) is 43.8 Å². The molecule has 0 heterocycles. The van der Waals surface area contributed by atoms with E-state index in [1.54, 1.807) is 0 Å². The van der Waals surface area contributed by atoms with Crippen molar-refractivity contribution in [1.82, 2.24) is 5.32 Å². The summed E-state index contributed by atoms with van der Waals surface area (Å²) in [5, 5.41) is 3.33. The third-order valence-corrected chi connectivity index (χ3v) is 2.67. The van der Waals surface area contributed by atoms with Crippen LogP contribution in [0.5, 0.6) is 0 Å². The van der Waals surface area contributed by atoms with Crippen LogP contribution in [0.15, 0.2) is 42.1 Å². The maximum Gasteiger partial charge on any atom is 0.210 e. The molecule has 2 radical (unpaired) electrons. The Bertz CT molecular complexity index is 283. The largest absolute Gasteiger partial charge is 0.408 e. The predicted molar refractivity (Wildman–Crippen MR) is 68.1 cm³/mol. The predicted octanol–water partition coefficient (Wildman–Crippen LogP) is 2.23. The van der Waals surface area contributed by atoms with Crippen LogP contribution in [0.2, 0.25) is 0 Å². The number of hydrogen-bond acceptors (Lipinski definition) is 2. The zero-order chi connectivity index (χ0) is 10.9. The van der Waals surface area contributed by atoms with Crippen LogP contribution in [0.1, 0.15) is 13.8 Å². The first kappa shape index (κ1) is 12.0. The van der Waals surface area contributed by atoms with Gasteiger partial charge in [0.1, 0.15) is 0 Å². The van der Waals surface area contributed by atoms with Gasteiger partial charge in [-0.25, -0.2) is 0 Å². The van der Waals surface area contributed by atoms with Crippen LogP contribution in [-0.2, 0) is 0 Å². The fraction of sp³-hybridized carbons (Fsp3) is 0.333. The standard InChI is InChI=1S/C12H18N2Si/c1-11(2)13-9-6-10-15-14-12-7-4-3-5-8-12/h3-8,10-11,13-14H,9H2,1-2H3. The summed E-state index contributed by atoms with van der Waals surface area (Å²) < 4.78 is 0. The van der Waals surface area contributed by atoms with Gasteiger partial charge in [0.15, 0.2) is 0 Å². The summed E-state index contributed by atoms with van der Waals surface area (Å²) in [6, 6.07) is 10.8. The molecule has 0 aromatic heterocycles. The molecule has 2 nitrogen and oxygen atoms in total. The average Bonchev–Trinajstić information content (AvgIpc) is 2.24. The van der Waals surface area contributed by atoms with Crippen molar-refractivity contribution in [2.75, 3.05) is 11.5 Å². The maximum absolute atomic E-state index is 3.35. The molecule has 0 aliphatic heterocycles. The first-order valence-electron chi connectivity index (χ1n) is 5.24. The lowest BCUT2D eigenvalue weighted by Crippen LogP contribution is -2.22. The molecule has 0 aliphatic carbocycles. The summed E-state index contributed by atoms with van der Waals surface area (Å²) in [6.45, 7) is 5.25. The molecular formula is C12H18N2Si. The Kier molecular flexibility index (Phi) is 5.81. The van der Waals surface area contributed by atoms with Gasteiger partial charge in [0.05, 0.1) is 0 Å². The highest BCUT2D eigenvalue weighted by Gasteiger charge is 1.88. The van der Waals surface area contributed by atoms with E-state index < -0.39 is 0 Å². The Labute approximate surface area is 94.7 Å². The first-order valence-corrected chi connectivity index (χ1v) is 6.32. The Morgan fingerprint density at radius 1 is 1.27 bits per heavy atom. The van der Waals surface area contributed by atoms with E-state index in [-0.39, 0.29) is 0 Å². The molecule has 2 N–H and O–H groups in total. The molecule has 0 fully saturated rings. The molecule has 0 spiro atoms. The van der Waals surface area contributed by atoms with Crippen molar-refractivity contribution in [3.8, 4) is 0 Å². The lowest BCUT2D eigenvalue weighted by atomic mass is 10.3. The van der Waals surface area contributed by atoms with Crippen LogP contribution in [0.3, 0.4) is 0 Å². The summed E-state index contributed by atoms with van der Waals surface area (Å²) in [4.78, 5) is 3.35. The van der Waals surface area contributed by atoms with Crippen LogP contribution in [0.4, 0.5) is 5.69 Å². The van der Waals surface area contributed by atoms with Crippen molar-refractivity contribution in [3.05, 3.63) is 42.1 Å². The first-order chi connectivity index (χ1) is 7.29. The van der Waals surface area contributed by atoms with E-state index in [1.165, 1.54) is 5.69 Å². The quantitative estimate of drug-likeness (QED) is 0.716. The molecule has 1 rings (SSSR count). The minimum absolute atomic E-state index is 0.556. The van der Waals surface area contributed by atoms with Gasteiger partial charge >= 0.3 is 0 Å². The topological polar surface area (TPSA) is 24.1 Å². The highest BCUT2D eigenvalue weighted by Crippen LogP contribution is 2.02. The zero-order valence-corrected chi connectivity index (χ0v) is 10.3. The van der Waals surface area contributed by atoms with Gasteiger partial charge in [-0.2, -0.15) is 0 Å². The maximum atomic E-state index is 3.35. The van der Waals surface area contributed by atoms with Gasteiger partial charge in [0, 0.05) is 18.3 Å². The molecule has 0 unspecified atom stereocenters. The molecule has 0 atom stereocenters. The van der Waals surface area contributed by atoms with Gasteiger partial charge in [0.25, 0.3) is 0 Å². The van der Waals surface area contributed by atoms with E-state index in [0.29, 0.717) is 15.7 Å². The third-order valence-electron chi connectivity index (χ3n) is 1.84. The molecule has 80 valence electrons. The van der Waals surface area contributed by atoms with Crippen molar-refractivity contribution < 1.29 is 0 Å². The van der Waals surface area contributed by atoms with Crippen molar-refractivity contribution in [2.24, 2.45) is 0 Å². The Hall–Kier alpha value is -1.06. The monoisotopic (exact) mass is 218 g/mol. The SMILES string of the molecule is CC(C)NCC=C[Si]Nc1ccccc1. The molecule has 3 heteroatoms. The molecule has 0 amide bonds. The molecular weight excluding hydrogens is 200 g/mol. The average molecular weight is 218 g/mol. The van der Waals surface area contributed by atoms with Gasteiger partial charge in [-0.15, -0.1) is 0 Å². The third kappa shape index (κ3) is 6.09. The van der Waals surface area contributed by atoms with E-state index in [1.807, 2.05) is 18.2 Å². The van der Waals surface area contributed by atoms with Crippen molar-refractivity contribution in [2.45, 2.75) is 19.9 Å². The van der Waals surface area contributed by atoms with Gasteiger partial charge < -0.3 is 10.3 Å². The van der Waals surface area contributed by atoms with E-state index in [4.69, 9.17) is 0 Å². The zero-order valence-electron chi connectivity index (χ0n) is 9.33. The normalized spacial score (nSPS) is 11.1. The van der Waals surface area contributed by atoms with Crippen molar-refractivity contribution in [3.63, 3.8) is 0 Å². The second-order valence-electron chi connectivity index (χ2n) is 3.60. The highest BCUT2D eigenvalue weighted by molar-refractivity contribution is 6.46. The van der Waals surface area contributed by atoms with Crippen LogP contribution < -0.4 is 10.3 Å². The lowest BCUT2D eigenvalue weighted by Gasteiger charge is -2.03. The van der Waals surface area contributed by atoms with Crippen LogP contribution in [0, 0.1) is 0 Å². The molecule has 0 saturated carbocycles. The number of para-hydroxylation sites is 1. The summed E-state index contributed by atoms with van der Waals surface area (Å²) >= 11 is 0. The van der Waals surface area contributed by atoms with E-state index in [0.717, 1.165) is 6.54 Å². The lowest BCUT2D eigenvalue weighted by molar-refractivity contribution is 0.633. The van der Waals surface area contributed by atoms with Crippen molar-refractivity contribution >= 4 is 15.4 Å². The number of benzene rings is 1. The second kappa shape index (κ2) is 7.26. The van der Waals surface area contributed by atoms with Crippen molar-refractivity contribution in [1.29, 1.82) is 0 Å². The van der Waals surface area contributed by atoms with Gasteiger partial charge in [-0.3, -0.25) is 0 Å². The van der Waals surface area contributed by atoms with Crippen LogP contribution in [-0.4, -0.2) is 22.3 Å². The number of anilines is 1. The smallest absolute Gasteiger partial charge is 0.210 e. The summed E-state index contributed by atoms with van der Waals surface area (Å²) in [5.41, 5.74) is 3.35. The molecule has 0 bridgehead atoms. The van der Waals surface area contributed by atoms with E-state index in [2.05, 4.69) is 48.1 Å². The summed E-state index contributed by atoms with van der Waals surface area (Å²) in [6.07, 6.45) is 2.16. The molecule has 0 aliphatic rings.